The molecule has 0 saturated heterocycles. The van der Waals surface area contributed by atoms with Crippen LogP contribution in [0.1, 0.15) is 6.42 Å². The smallest absolute Gasteiger partial charge is 0.426 e. The molecule has 104 valence electrons. The molecule has 1 rings (SSSR count). The molecule has 0 aromatic carbocycles. The van der Waals surface area contributed by atoms with Crippen LogP contribution in [0.25, 0.3) is 0 Å². The fourth-order valence-corrected chi connectivity index (χ4v) is 2.18. The molecule has 1 aliphatic rings. The van der Waals surface area contributed by atoms with Crippen LogP contribution in [0, 0.1) is 0 Å². The van der Waals surface area contributed by atoms with Crippen LogP contribution in [0.5, 0.6) is 0 Å². The van der Waals surface area contributed by atoms with Crippen molar-refractivity contribution in [3.63, 3.8) is 0 Å². The second kappa shape index (κ2) is 5.07. The summed E-state index contributed by atoms with van der Waals surface area (Å²) < 4.78 is 56.4. The summed E-state index contributed by atoms with van der Waals surface area (Å²) in [5.41, 5.74) is -3.30. The standard InChI is InChI=1S/C12H18F4OSi/c1-18(2,3)8-7-17-10-5-4-6-11(13,9-10)12(14,15)16/h4-6H,7-9H2,1-3H3. The number of ether oxygens (including phenoxy) is 1. The number of hydrogen-bond donors (Lipinski definition) is 0. The molecule has 0 heterocycles. The fraction of sp³-hybridized carbons (Fsp3) is 0.667. The van der Waals surface area contributed by atoms with Crippen molar-refractivity contribution in [3.8, 4) is 0 Å². The summed E-state index contributed by atoms with van der Waals surface area (Å²) in [6.45, 7) is 6.77. The van der Waals surface area contributed by atoms with Gasteiger partial charge in [0.2, 0.25) is 5.67 Å². The highest BCUT2D eigenvalue weighted by Gasteiger charge is 2.55. The zero-order valence-electron chi connectivity index (χ0n) is 10.8. The SMILES string of the molecule is C[Si](C)(C)CCOC1=CC=CC(F)(C(F)(F)F)C1. The zero-order chi connectivity index (χ0) is 14.0. The van der Waals surface area contributed by atoms with Gasteiger partial charge in [0.05, 0.1) is 18.8 Å². The molecule has 1 unspecified atom stereocenters. The van der Waals surface area contributed by atoms with Gasteiger partial charge < -0.3 is 4.74 Å². The molecule has 0 fully saturated rings. The highest BCUT2D eigenvalue weighted by atomic mass is 28.3. The largest absolute Gasteiger partial charge is 0.498 e. The lowest BCUT2D eigenvalue weighted by Crippen LogP contribution is -2.40. The lowest BCUT2D eigenvalue weighted by molar-refractivity contribution is -0.213. The Hall–Kier alpha value is -0.783. The normalized spacial score (nSPS) is 24.9. The topological polar surface area (TPSA) is 9.23 Å². The minimum absolute atomic E-state index is 0.0653. The summed E-state index contributed by atoms with van der Waals surface area (Å²) in [6.07, 6.45) is -2.66. The van der Waals surface area contributed by atoms with Crippen molar-refractivity contribution >= 4 is 8.07 Å². The molecule has 0 aromatic heterocycles. The quantitative estimate of drug-likeness (QED) is 0.546. The molecule has 18 heavy (non-hydrogen) atoms. The van der Waals surface area contributed by atoms with Gasteiger partial charge in [0.15, 0.2) is 0 Å². The van der Waals surface area contributed by atoms with E-state index in [0.717, 1.165) is 12.1 Å². The van der Waals surface area contributed by atoms with Crippen LogP contribution in [-0.2, 0) is 4.74 Å². The minimum Gasteiger partial charge on any atom is -0.498 e. The molecule has 0 radical (unpaired) electrons. The number of hydrogen-bond acceptors (Lipinski definition) is 1. The summed E-state index contributed by atoms with van der Waals surface area (Å²) in [7, 11) is -1.30. The Bertz CT molecular complexity index is 354. The molecule has 0 N–H and O–H groups in total. The van der Waals surface area contributed by atoms with E-state index in [2.05, 4.69) is 19.6 Å². The Morgan fingerprint density at radius 1 is 1.33 bits per heavy atom. The Morgan fingerprint density at radius 2 is 1.94 bits per heavy atom. The van der Waals surface area contributed by atoms with Crippen molar-refractivity contribution in [1.82, 2.24) is 0 Å². The van der Waals surface area contributed by atoms with Crippen molar-refractivity contribution < 1.29 is 22.3 Å². The van der Waals surface area contributed by atoms with Crippen LogP contribution in [0.2, 0.25) is 25.7 Å². The predicted octanol–water partition coefficient (Wildman–Crippen LogP) is 4.46. The van der Waals surface area contributed by atoms with E-state index >= 15 is 0 Å². The lowest BCUT2D eigenvalue weighted by atomic mass is 9.95. The van der Waals surface area contributed by atoms with Crippen molar-refractivity contribution in [2.45, 2.75) is 44.0 Å². The van der Waals surface area contributed by atoms with Gasteiger partial charge in [-0.1, -0.05) is 25.7 Å². The fourth-order valence-electron chi connectivity index (χ4n) is 1.46. The maximum atomic E-state index is 13.7. The highest BCUT2D eigenvalue weighted by molar-refractivity contribution is 6.76. The third-order valence-electron chi connectivity index (χ3n) is 2.68. The second-order valence-corrected chi connectivity index (χ2v) is 11.3. The van der Waals surface area contributed by atoms with Gasteiger partial charge in [0, 0.05) is 8.07 Å². The minimum atomic E-state index is -4.90. The van der Waals surface area contributed by atoms with Crippen LogP contribution in [0.15, 0.2) is 24.0 Å². The molecule has 0 amide bonds. The number of halogens is 4. The Kier molecular flexibility index (Phi) is 4.30. The first-order valence-corrected chi connectivity index (χ1v) is 9.51. The van der Waals surface area contributed by atoms with Crippen LogP contribution >= 0.6 is 0 Å². The first kappa shape index (κ1) is 15.3. The Labute approximate surface area is 106 Å². The molecular weight excluding hydrogens is 264 g/mol. The average molecular weight is 282 g/mol. The highest BCUT2D eigenvalue weighted by Crippen LogP contribution is 2.41. The first-order chi connectivity index (χ1) is 8.04. The number of rotatable bonds is 4. The van der Waals surface area contributed by atoms with E-state index in [9.17, 15) is 17.6 Å². The van der Waals surface area contributed by atoms with Gasteiger partial charge in [0.1, 0.15) is 0 Å². The number of alkyl halides is 4. The van der Waals surface area contributed by atoms with E-state index in [1.54, 1.807) is 0 Å². The first-order valence-electron chi connectivity index (χ1n) is 5.80. The van der Waals surface area contributed by atoms with E-state index in [-0.39, 0.29) is 5.76 Å². The molecular formula is C12H18F4OSi. The zero-order valence-corrected chi connectivity index (χ0v) is 11.8. The van der Waals surface area contributed by atoms with Gasteiger partial charge in [0.25, 0.3) is 0 Å². The molecule has 0 spiro atoms. The molecule has 0 aromatic rings. The predicted molar refractivity (Wildman–Crippen MR) is 65.8 cm³/mol. The van der Waals surface area contributed by atoms with Gasteiger partial charge in [-0.25, -0.2) is 4.39 Å². The molecule has 1 nitrogen and oxygen atoms in total. The van der Waals surface area contributed by atoms with Gasteiger partial charge in [-0.3, -0.25) is 0 Å². The van der Waals surface area contributed by atoms with Crippen molar-refractivity contribution in [2.75, 3.05) is 6.61 Å². The number of allylic oxidation sites excluding steroid dienone is 4. The second-order valence-electron chi connectivity index (χ2n) is 5.69. The molecule has 1 atom stereocenters. The third-order valence-corrected chi connectivity index (χ3v) is 4.39. The summed E-state index contributed by atoms with van der Waals surface area (Å²) in [6, 6.07) is 0.833. The molecule has 1 aliphatic carbocycles. The van der Waals surface area contributed by atoms with Gasteiger partial charge >= 0.3 is 6.18 Å². The van der Waals surface area contributed by atoms with Crippen LogP contribution in [-0.4, -0.2) is 26.5 Å². The summed E-state index contributed by atoms with van der Waals surface area (Å²) in [5, 5.41) is 0. The van der Waals surface area contributed by atoms with Gasteiger partial charge in [-0.05, 0) is 18.2 Å². The van der Waals surface area contributed by atoms with Crippen LogP contribution in [0.4, 0.5) is 17.6 Å². The van der Waals surface area contributed by atoms with E-state index in [4.69, 9.17) is 4.74 Å². The van der Waals surface area contributed by atoms with Crippen molar-refractivity contribution in [1.29, 1.82) is 0 Å². The van der Waals surface area contributed by atoms with E-state index in [1.807, 2.05) is 0 Å². The van der Waals surface area contributed by atoms with E-state index in [1.165, 1.54) is 6.08 Å². The average Bonchev–Trinajstić information content (AvgIpc) is 2.14. The van der Waals surface area contributed by atoms with Gasteiger partial charge in [-0.2, -0.15) is 13.2 Å². The molecule has 0 bridgehead atoms. The third kappa shape index (κ3) is 4.15. The summed E-state index contributed by atoms with van der Waals surface area (Å²) >= 11 is 0. The lowest BCUT2D eigenvalue weighted by Gasteiger charge is -2.28. The van der Waals surface area contributed by atoms with E-state index < -0.39 is 26.3 Å². The monoisotopic (exact) mass is 282 g/mol. The maximum absolute atomic E-state index is 13.7. The molecule has 0 saturated carbocycles. The maximum Gasteiger partial charge on any atom is 0.426 e. The Balaban J connectivity index is 2.56. The summed E-state index contributed by atoms with van der Waals surface area (Å²) in [5.74, 6) is 0.0653. The van der Waals surface area contributed by atoms with Crippen molar-refractivity contribution in [3.05, 3.63) is 24.0 Å². The Morgan fingerprint density at radius 3 is 2.44 bits per heavy atom. The van der Waals surface area contributed by atoms with Crippen molar-refractivity contribution in [2.24, 2.45) is 0 Å². The van der Waals surface area contributed by atoms with Crippen LogP contribution < -0.4 is 0 Å². The van der Waals surface area contributed by atoms with Crippen LogP contribution in [0.3, 0.4) is 0 Å². The molecule has 6 heteroatoms. The summed E-state index contributed by atoms with van der Waals surface area (Å²) in [4.78, 5) is 0. The molecule has 0 aliphatic heterocycles. The van der Waals surface area contributed by atoms with E-state index in [0.29, 0.717) is 12.7 Å². The van der Waals surface area contributed by atoms with Gasteiger partial charge in [-0.15, -0.1) is 0 Å².